The maximum Gasteiger partial charge on any atom is 0.270 e. The number of amides is 1. The highest BCUT2D eigenvalue weighted by Gasteiger charge is 2.33. The van der Waals surface area contributed by atoms with E-state index in [2.05, 4.69) is 68.9 Å². The number of thiocarbonyl (C=S) groups is 1. The number of ether oxygens (including phenoxy) is 1. The highest BCUT2D eigenvalue weighted by atomic mass is 127. The molecule has 7 heteroatoms. The fraction of sp³-hybridized carbons (Fsp3) is 0.0370. The van der Waals surface area contributed by atoms with Gasteiger partial charge >= 0.3 is 0 Å². The zero-order valence-corrected chi connectivity index (χ0v) is 23.1. The van der Waals surface area contributed by atoms with Gasteiger partial charge in [-0.15, -0.1) is 0 Å². The monoisotopic (exact) mass is 657 g/mol. The molecule has 3 nitrogen and oxygen atoms in total. The second kappa shape index (κ2) is 10.2. The number of rotatable bonds is 5. The number of hydrogen-bond acceptors (Lipinski definition) is 4. The molecule has 1 heterocycles. The third-order valence-corrected chi connectivity index (χ3v) is 8.02. The summed E-state index contributed by atoms with van der Waals surface area (Å²) in [5.41, 5.74) is 2.79. The maximum absolute atomic E-state index is 13.0. The van der Waals surface area contributed by atoms with Gasteiger partial charge in [0.2, 0.25) is 0 Å². The number of carbonyl (C=O) groups is 1. The van der Waals surface area contributed by atoms with Crippen LogP contribution < -0.4 is 9.64 Å². The normalized spacial score (nSPS) is 14.9. The van der Waals surface area contributed by atoms with Crippen LogP contribution in [-0.2, 0) is 11.4 Å². The molecule has 1 amide bonds. The maximum atomic E-state index is 13.0. The largest absolute Gasteiger partial charge is 0.487 e. The molecule has 0 bridgehead atoms. The summed E-state index contributed by atoms with van der Waals surface area (Å²) in [7, 11) is 0. The van der Waals surface area contributed by atoms with Crippen molar-refractivity contribution in [3.63, 3.8) is 0 Å². The summed E-state index contributed by atoms with van der Waals surface area (Å²) in [4.78, 5) is 15.2. The van der Waals surface area contributed by atoms with Crippen LogP contribution in [0.3, 0.4) is 0 Å². The molecule has 168 valence electrons. The Balaban J connectivity index is 1.35. The van der Waals surface area contributed by atoms with Crippen molar-refractivity contribution in [3.8, 4) is 5.75 Å². The van der Waals surface area contributed by atoms with Crippen LogP contribution in [0.15, 0.2) is 94.3 Å². The molecular formula is C27H17BrINO2S2. The molecule has 0 aromatic heterocycles. The lowest BCUT2D eigenvalue weighted by molar-refractivity contribution is -0.113. The summed E-state index contributed by atoms with van der Waals surface area (Å²) in [6, 6.07) is 28.1. The van der Waals surface area contributed by atoms with Crippen molar-refractivity contribution in [2.24, 2.45) is 0 Å². The van der Waals surface area contributed by atoms with Crippen LogP contribution in [0, 0.1) is 3.57 Å². The van der Waals surface area contributed by atoms with Crippen molar-refractivity contribution in [1.29, 1.82) is 0 Å². The molecule has 0 atom stereocenters. The highest BCUT2D eigenvalue weighted by molar-refractivity contribution is 14.1. The Morgan fingerprint density at radius 2 is 1.71 bits per heavy atom. The first-order valence-electron chi connectivity index (χ1n) is 10.4. The van der Waals surface area contributed by atoms with Crippen molar-refractivity contribution >= 4 is 95.3 Å². The zero-order chi connectivity index (χ0) is 23.7. The minimum atomic E-state index is -0.107. The topological polar surface area (TPSA) is 29.5 Å². The average molecular weight is 658 g/mol. The van der Waals surface area contributed by atoms with E-state index in [9.17, 15) is 4.79 Å². The van der Waals surface area contributed by atoms with E-state index in [1.165, 1.54) is 22.5 Å². The van der Waals surface area contributed by atoms with Gasteiger partial charge in [-0.3, -0.25) is 9.69 Å². The van der Waals surface area contributed by atoms with Gasteiger partial charge in [0, 0.05) is 0 Å². The standard InChI is InChI=1S/C27H17BrINO2S2/c28-22-13-18(15-24-26(31)30(27(33)34-24)21-8-2-1-3-9-21)14-23(29)25(22)32-16-17-10-11-19-6-4-5-7-20(19)12-17/h1-15H,16H2/b24-15+. The summed E-state index contributed by atoms with van der Waals surface area (Å²) < 4.78 is 8.49. The number of carbonyl (C=O) groups excluding carboxylic acids is 1. The van der Waals surface area contributed by atoms with Gasteiger partial charge in [0.25, 0.3) is 5.91 Å². The first-order chi connectivity index (χ1) is 16.5. The zero-order valence-electron chi connectivity index (χ0n) is 17.7. The van der Waals surface area contributed by atoms with Crippen LogP contribution in [-0.4, -0.2) is 10.2 Å². The van der Waals surface area contributed by atoms with Crippen LogP contribution >= 0.6 is 62.5 Å². The SMILES string of the molecule is O=C1/C(=C\c2cc(Br)c(OCc3ccc4ccccc4c3)c(I)c2)SC(=S)N1c1ccccc1. The Morgan fingerprint density at radius 1 is 0.971 bits per heavy atom. The van der Waals surface area contributed by atoms with Gasteiger partial charge in [0.05, 0.1) is 18.6 Å². The molecule has 1 saturated heterocycles. The number of nitrogens with zero attached hydrogens (tertiary/aromatic N) is 1. The number of benzene rings is 4. The van der Waals surface area contributed by atoms with Crippen LogP contribution in [0.1, 0.15) is 11.1 Å². The number of para-hydroxylation sites is 1. The molecule has 0 saturated carbocycles. The lowest BCUT2D eigenvalue weighted by Crippen LogP contribution is -2.27. The molecule has 5 rings (SSSR count). The van der Waals surface area contributed by atoms with E-state index in [1.54, 1.807) is 4.90 Å². The molecule has 1 aliphatic heterocycles. The molecule has 1 fully saturated rings. The molecular weight excluding hydrogens is 641 g/mol. The highest BCUT2D eigenvalue weighted by Crippen LogP contribution is 2.38. The Morgan fingerprint density at radius 3 is 2.47 bits per heavy atom. The summed E-state index contributed by atoms with van der Waals surface area (Å²) in [6.07, 6.45) is 1.88. The van der Waals surface area contributed by atoms with Crippen molar-refractivity contribution < 1.29 is 9.53 Å². The molecule has 4 aromatic carbocycles. The molecule has 1 aliphatic rings. The fourth-order valence-corrected chi connectivity index (χ4v) is 6.77. The van der Waals surface area contributed by atoms with Gasteiger partial charge in [-0.1, -0.05) is 78.6 Å². The Kier molecular flexibility index (Phi) is 7.06. The van der Waals surface area contributed by atoms with E-state index >= 15 is 0 Å². The van der Waals surface area contributed by atoms with E-state index in [1.807, 2.05) is 60.7 Å². The fourth-order valence-electron chi connectivity index (χ4n) is 3.70. The van der Waals surface area contributed by atoms with Gasteiger partial charge in [-0.2, -0.15) is 0 Å². The second-order valence-corrected chi connectivity index (χ2v) is 11.3. The Hall–Kier alpha value is -2.20. The molecule has 0 radical (unpaired) electrons. The molecule has 0 spiro atoms. The van der Waals surface area contributed by atoms with E-state index in [4.69, 9.17) is 17.0 Å². The average Bonchev–Trinajstić information content (AvgIpc) is 3.11. The quantitative estimate of drug-likeness (QED) is 0.123. The van der Waals surface area contributed by atoms with Gasteiger partial charge in [0.15, 0.2) is 4.32 Å². The predicted octanol–water partition coefficient (Wildman–Crippen LogP) is 8.19. The van der Waals surface area contributed by atoms with Crippen molar-refractivity contribution in [2.75, 3.05) is 4.90 Å². The summed E-state index contributed by atoms with van der Waals surface area (Å²) in [5, 5.41) is 2.41. The van der Waals surface area contributed by atoms with E-state index < -0.39 is 0 Å². The molecule has 0 aliphatic carbocycles. The molecule has 0 N–H and O–H groups in total. The van der Waals surface area contributed by atoms with Crippen LogP contribution in [0.5, 0.6) is 5.75 Å². The number of anilines is 1. The third-order valence-electron chi connectivity index (χ3n) is 5.32. The number of hydrogen-bond donors (Lipinski definition) is 0. The number of halogens is 2. The minimum absolute atomic E-state index is 0.107. The van der Waals surface area contributed by atoms with E-state index in [-0.39, 0.29) is 5.91 Å². The lowest BCUT2D eigenvalue weighted by atomic mass is 10.1. The first-order valence-corrected chi connectivity index (χ1v) is 13.5. The second-order valence-electron chi connectivity index (χ2n) is 7.64. The number of thioether (sulfide) groups is 1. The lowest BCUT2D eigenvalue weighted by Gasteiger charge is -2.14. The van der Waals surface area contributed by atoms with Gasteiger partial charge < -0.3 is 4.74 Å². The molecule has 34 heavy (non-hydrogen) atoms. The van der Waals surface area contributed by atoms with Crippen molar-refractivity contribution in [1.82, 2.24) is 0 Å². The summed E-state index contributed by atoms with van der Waals surface area (Å²) in [6.45, 7) is 0.467. The Bertz CT molecular complexity index is 1430. The summed E-state index contributed by atoms with van der Waals surface area (Å²) in [5.74, 6) is 0.673. The number of fused-ring (bicyclic) bond motifs is 1. The smallest absolute Gasteiger partial charge is 0.270 e. The van der Waals surface area contributed by atoms with Crippen molar-refractivity contribution in [3.05, 3.63) is 109 Å². The van der Waals surface area contributed by atoms with Gasteiger partial charge in [-0.05, 0) is 96.8 Å². The minimum Gasteiger partial charge on any atom is -0.487 e. The van der Waals surface area contributed by atoms with Crippen LogP contribution in [0.4, 0.5) is 5.69 Å². The Labute approximate surface area is 229 Å². The van der Waals surface area contributed by atoms with Crippen LogP contribution in [0.2, 0.25) is 0 Å². The molecule has 4 aromatic rings. The third kappa shape index (κ3) is 4.93. The molecule has 0 unspecified atom stereocenters. The van der Waals surface area contributed by atoms with Crippen molar-refractivity contribution in [2.45, 2.75) is 6.61 Å². The van der Waals surface area contributed by atoms with Gasteiger partial charge in [-0.25, -0.2) is 0 Å². The van der Waals surface area contributed by atoms with Crippen LogP contribution in [0.25, 0.3) is 16.8 Å². The first kappa shape index (κ1) is 23.5. The van der Waals surface area contributed by atoms with E-state index in [0.717, 1.165) is 30.6 Å². The summed E-state index contributed by atoms with van der Waals surface area (Å²) >= 11 is 12.7. The predicted molar refractivity (Wildman–Crippen MR) is 157 cm³/mol. The van der Waals surface area contributed by atoms with Gasteiger partial charge in [0.1, 0.15) is 12.4 Å². The van der Waals surface area contributed by atoms with E-state index in [0.29, 0.717) is 15.8 Å².